The van der Waals surface area contributed by atoms with Gasteiger partial charge in [0.2, 0.25) is 11.7 Å². The van der Waals surface area contributed by atoms with Crippen molar-refractivity contribution in [3.63, 3.8) is 0 Å². The molecule has 1 N–H and O–H groups in total. The van der Waals surface area contributed by atoms with E-state index in [-0.39, 0.29) is 5.60 Å². The Morgan fingerprint density at radius 1 is 1.45 bits per heavy atom. The lowest BCUT2D eigenvalue weighted by Gasteiger charge is -2.36. The largest absolute Gasteiger partial charge is 0.383 e. The van der Waals surface area contributed by atoms with E-state index in [1.807, 2.05) is 0 Å². The fourth-order valence-electron chi connectivity index (χ4n) is 2.86. The van der Waals surface area contributed by atoms with Crippen molar-refractivity contribution in [1.82, 2.24) is 15.5 Å². The van der Waals surface area contributed by atoms with E-state index in [1.165, 1.54) is 6.42 Å². The third-order valence-electron chi connectivity index (χ3n) is 3.98. The minimum absolute atomic E-state index is 0.369. The molecule has 1 fully saturated rings. The third kappa shape index (κ3) is 3.56. The van der Waals surface area contributed by atoms with Crippen LogP contribution >= 0.6 is 0 Å². The monoisotopic (exact) mass is 283 g/mol. The third-order valence-corrected chi connectivity index (χ3v) is 3.98. The van der Waals surface area contributed by atoms with Gasteiger partial charge in [0.15, 0.2) is 0 Å². The van der Waals surface area contributed by atoms with Gasteiger partial charge in [-0.1, -0.05) is 18.5 Å². The molecular weight excluding hydrogens is 258 g/mol. The van der Waals surface area contributed by atoms with Crippen LogP contribution in [0.2, 0.25) is 0 Å². The van der Waals surface area contributed by atoms with Crippen LogP contribution in [0.5, 0.6) is 0 Å². The number of aromatic nitrogens is 2. The maximum atomic E-state index is 5.77. The molecule has 0 bridgehead atoms. The maximum absolute atomic E-state index is 5.77. The molecule has 1 aromatic rings. The van der Waals surface area contributed by atoms with Gasteiger partial charge in [0.05, 0.1) is 13.2 Å². The summed E-state index contributed by atoms with van der Waals surface area (Å²) in [5.74, 6) is 1.92. The van der Waals surface area contributed by atoms with Crippen LogP contribution in [0.15, 0.2) is 4.52 Å². The van der Waals surface area contributed by atoms with Crippen LogP contribution in [-0.2, 0) is 21.6 Å². The van der Waals surface area contributed by atoms with Crippen molar-refractivity contribution >= 4 is 0 Å². The summed E-state index contributed by atoms with van der Waals surface area (Å²) in [7, 11) is 3.42. The quantitative estimate of drug-likeness (QED) is 0.770. The standard InChI is InChI=1S/C14H25N3O3/c1-11-5-4-6-14(9-11,19-3)13-16-12(20-17-13)10-15-7-8-18-2/h11,15H,4-10H2,1-3H3. The van der Waals surface area contributed by atoms with Crippen LogP contribution < -0.4 is 5.32 Å². The lowest BCUT2D eigenvalue weighted by atomic mass is 9.78. The molecule has 0 aromatic carbocycles. The summed E-state index contributed by atoms with van der Waals surface area (Å²) in [6, 6.07) is 0. The summed E-state index contributed by atoms with van der Waals surface area (Å²) in [6.07, 6.45) is 4.31. The number of hydrogen-bond acceptors (Lipinski definition) is 6. The highest BCUT2D eigenvalue weighted by molar-refractivity contribution is 5.04. The van der Waals surface area contributed by atoms with E-state index >= 15 is 0 Å². The highest BCUT2D eigenvalue weighted by atomic mass is 16.5. The highest BCUT2D eigenvalue weighted by Crippen LogP contribution is 2.41. The molecule has 2 rings (SSSR count). The van der Waals surface area contributed by atoms with Gasteiger partial charge in [-0.05, 0) is 25.2 Å². The van der Waals surface area contributed by atoms with Crippen molar-refractivity contribution in [1.29, 1.82) is 0 Å². The summed E-state index contributed by atoms with van der Waals surface area (Å²) in [5.41, 5.74) is -0.369. The van der Waals surface area contributed by atoms with E-state index in [4.69, 9.17) is 14.0 Å². The Morgan fingerprint density at radius 2 is 2.30 bits per heavy atom. The average Bonchev–Trinajstić information content (AvgIpc) is 2.93. The Hall–Kier alpha value is -0.980. The topological polar surface area (TPSA) is 69.4 Å². The molecule has 6 nitrogen and oxygen atoms in total. The summed E-state index contributed by atoms with van der Waals surface area (Å²) in [5, 5.41) is 7.33. The zero-order valence-corrected chi connectivity index (χ0v) is 12.6. The van der Waals surface area contributed by atoms with Crippen LogP contribution in [0.3, 0.4) is 0 Å². The van der Waals surface area contributed by atoms with Gasteiger partial charge < -0.3 is 19.3 Å². The molecule has 6 heteroatoms. The summed E-state index contributed by atoms with van der Waals surface area (Å²) < 4.78 is 16.1. The smallest absolute Gasteiger partial charge is 0.240 e. The van der Waals surface area contributed by atoms with Gasteiger partial charge in [-0.15, -0.1) is 0 Å². The molecule has 2 atom stereocenters. The van der Waals surface area contributed by atoms with Gasteiger partial charge in [-0.3, -0.25) is 0 Å². The lowest BCUT2D eigenvalue weighted by molar-refractivity contribution is -0.0658. The molecule has 2 unspecified atom stereocenters. The summed E-state index contributed by atoms with van der Waals surface area (Å²) >= 11 is 0. The first-order chi connectivity index (χ1) is 9.70. The normalized spacial score (nSPS) is 26.9. The molecule has 1 aliphatic carbocycles. The molecule has 114 valence electrons. The van der Waals surface area contributed by atoms with Gasteiger partial charge in [-0.25, -0.2) is 0 Å². The number of methoxy groups -OCH3 is 2. The highest BCUT2D eigenvalue weighted by Gasteiger charge is 2.40. The molecule has 1 saturated carbocycles. The van der Waals surface area contributed by atoms with E-state index in [0.717, 1.165) is 25.8 Å². The van der Waals surface area contributed by atoms with Crippen molar-refractivity contribution in [3.8, 4) is 0 Å². The molecular formula is C14H25N3O3. The summed E-state index contributed by atoms with van der Waals surface area (Å²) in [6.45, 7) is 4.24. The minimum atomic E-state index is -0.369. The van der Waals surface area contributed by atoms with Gasteiger partial charge in [0.25, 0.3) is 0 Å². The van der Waals surface area contributed by atoms with E-state index < -0.39 is 0 Å². The van der Waals surface area contributed by atoms with Crippen molar-refractivity contribution in [2.45, 2.75) is 44.8 Å². The number of rotatable bonds is 7. The fourth-order valence-corrected chi connectivity index (χ4v) is 2.86. The van der Waals surface area contributed by atoms with Crippen molar-refractivity contribution in [3.05, 3.63) is 11.7 Å². The molecule has 0 spiro atoms. The van der Waals surface area contributed by atoms with E-state index in [0.29, 0.717) is 30.8 Å². The second-order valence-corrected chi connectivity index (χ2v) is 5.58. The Bertz CT molecular complexity index is 410. The van der Waals surface area contributed by atoms with Crippen LogP contribution in [0.4, 0.5) is 0 Å². The molecule has 0 saturated heterocycles. The van der Waals surface area contributed by atoms with Gasteiger partial charge in [-0.2, -0.15) is 4.98 Å². The zero-order valence-electron chi connectivity index (χ0n) is 12.6. The van der Waals surface area contributed by atoms with Crippen LogP contribution in [0, 0.1) is 5.92 Å². The second kappa shape index (κ2) is 7.15. The Kier molecular flexibility index (Phi) is 5.51. The van der Waals surface area contributed by atoms with E-state index in [2.05, 4.69) is 22.4 Å². The molecule has 0 amide bonds. The molecule has 1 aromatic heterocycles. The van der Waals surface area contributed by atoms with Crippen LogP contribution in [0.25, 0.3) is 0 Å². The average molecular weight is 283 g/mol. The molecule has 20 heavy (non-hydrogen) atoms. The van der Waals surface area contributed by atoms with E-state index in [1.54, 1.807) is 14.2 Å². The number of ether oxygens (including phenoxy) is 2. The Morgan fingerprint density at radius 3 is 3.00 bits per heavy atom. The maximum Gasteiger partial charge on any atom is 0.240 e. The predicted octanol–water partition coefficient (Wildman–Crippen LogP) is 1.86. The van der Waals surface area contributed by atoms with Crippen LogP contribution in [-0.4, -0.2) is 37.5 Å². The second-order valence-electron chi connectivity index (χ2n) is 5.58. The van der Waals surface area contributed by atoms with Gasteiger partial charge in [0, 0.05) is 20.8 Å². The van der Waals surface area contributed by atoms with Crippen LogP contribution in [0.1, 0.15) is 44.3 Å². The first-order valence-electron chi connectivity index (χ1n) is 7.28. The first-order valence-corrected chi connectivity index (χ1v) is 7.28. The van der Waals surface area contributed by atoms with Gasteiger partial charge in [0.1, 0.15) is 5.60 Å². The number of nitrogens with zero attached hydrogens (tertiary/aromatic N) is 2. The molecule has 0 aliphatic heterocycles. The van der Waals surface area contributed by atoms with Gasteiger partial charge >= 0.3 is 0 Å². The Labute approximate surface area is 120 Å². The molecule has 0 radical (unpaired) electrons. The van der Waals surface area contributed by atoms with Crippen molar-refractivity contribution in [2.24, 2.45) is 5.92 Å². The predicted molar refractivity (Wildman–Crippen MR) is 74.2 cm³/mol. The Balaban J connectivity index is 1.98. The number of nitrogens with one attached hydrogen (secondary N) is 1. The zero-order chi connectivity index (χ0) is 14.4. The number of hydrogen-bond donors (Lipinski definition) is 1. The minimum Gasteiger partial charge on any atom is -0.383 e. The fraction of sp³-hybridized carbons (Fsp3) is 0.857. The summed E-state index contributed by atoms with van der Waals surface area (Å²) in [4.78, 5) is 4.50. The van der Waals surface area contributed by atoms with E-state index in [9.17, 15) is 0 Å². The lowest BCUT2D eigenvalue weighted by Crippen LogP contribution is -2.35. The first kappa shape index (κ1) is 15.4. The molecule has 1 aliphatic rings. The SMILES string of the molecule is COCCNCc1nc(C2(OC)CCCC(C)C2)no1. The van der Waals surface area contributed by atoms with Crippen molar-refractivity contribution < 1.29 is 14.0 Å². The van der Waals surface area contributed by atoms with Crippen molar-refractivity contribution in [2.75, 3.05) is 27.4 Å². The molecule has 1 heterocycles.